The second kappa shape index (κ2) is 2.55. The first kappa shape index (κ1) is 7.21. The van der Waals surface area contributed by atoms with Gasteiger partial charge in [-0.1, -0.05) is 0 Å². The van der Waals surface area contributed by atoms with Gasteiger partial charge in [0.2, 0.25) is 0 Å². The van der Waals surface area contributed by atoms with Gasteiger partial charge >= 0.3 is 0 Å². The molecule has 1 aliphatic rings. The first-order valence-corrected chi connectivity index (χ1v) is 3.92. The Morgan fingerprint density at radius 3 is 2.75 bits per heavy atom. The first-order chi connectivity index (χ1) is 5.81. The van der Waals surface area contributed by atoms with Gasteiger partial charge in [0.05, 0.1) is 0 Å². The van der Waals surface area contributed by atoms with Crippen LogP contribution in [-0.2, 0) is 0 Å². The predicted molar refractivity (Wildman–Crippen MR) is 43.8 cm³/mol. The number of hydrogen-bond acceptors (Lipinski definition) is 3. The SMILES string of the molecule is N=Nc1ccc(C2CC2)[nH]c1=O. The summed E-state index contributed by atoms with van der Waals surface area (Å²) in [5.41, 5.74) is 7.59. The van der Waals surface area contributed by atoms with Crippen molar-refractivity contribution in [3.05, 3.63) is 28.2 Å². The highest BCUT2D eigenvalue weighted by molar-refractivity contribution is 5.34. The fraction of sp³-hybridized carbons (Fsp3) is 0.375. The van der Waals surface area contributed by atoms with E-state index in [1.807, 2.05) is 6.07 Å². The van der Waals surface area contributed by atoms with Crippen LogP contribution in [0.5, 0.6) is 0 Å². The lowest BCUT2D eigenvalue weighted by Gasteiger charge is -1.96. The zero-order valence-corrected chi connectivity index (χ0v) is 6.50. The summed E-state index contributed by atoms with van der Waals surface area (Å²) in [5, 5.41) is 3.10. The minimum atomic E-state index is -0.255. The van der Waals surface area contributed by atoms with E-state index in [2.05, 4.69) is 10.1 Å². The topological polar surface area (TPSA) is 69.1 Å². The van der Waals surface area contributed by atoms with Gasteiger partial charge in [0, 0.05) is 5.69 Å². The van der Waals surface area contributed by atoms with E-state index >= 15 is 0 Å². The Balaban J connectivity index is 2.43. The van der Waals surface area contributed by atoms with E-state index in [0.29, 0.717) is 5.92 Å². The van der Waals surface area contributed by atoms with Crippen molar-refractivity contribution in [1.29, 1.82) is 5.53 Å². The highest BCUT2D eigenvalue weighted by atomic mass is 16.1. The molecular weight excluding hydrogens is 154 g/mol. The summed E-state index contributed by atoms with van der Waals surface area (Å²) < 4.78 is 0. The van der Waals surface area contributed by atoms with E-state index in [4.69, 9.17) is 5.53 Å². The van der Waals surface area contributed by atoms with Gasteiger partial charge in [-0.15, -0.1) is 0 Å². The zero-order chi connectivity index (χ0) is 8.55. The van der Waals surface area contributed by atoms with Gasteiger partial charge < -0.3 is 4.98 Å². The molecule has 2 rings (SSSR count). The summed E-state index contributed by atoms with van der Waals surface area (Å²) in [6, 6.07) is 3.44. The summed E-state index contributed by atoms with van der Waals surface area (Å²) >= 11 is 0. The number of aromatic amines is 1. The molecule has 1 saturated carbocycles. The molecule has 0 amide bonds. The van der Waals surface area contributed by atoms with Crippen LogP contribution < -0.4 is 5.56 Å². The molecule has 0 radical (unpaired) electrons. The van der Waals surface area contributed by atoms with E-state index in [1.54, 1.807) is 6.07 Å². The van der Waals surface area contributed by atoms with E-state index in [0.717, 1.165) is 18.5 Å². The van der Waals surface area contributed by atoms with Crippen molar-refractivity contribution in [1.82, 2.24) is 4.98 Å². The summed E-state index contributed by atoms with van der Waals surface area (Å²) in [6.45, 7) is 0. The van der Waals surface area contributed by atoms with Gasteiger partial charge in [0.1, 0.15) is 5.69 Å². The Hall–Kier alpha value is -1.45. The van der Waals surface area contributed by atoms with Crippen LogP contribution in [0.25, 0.3) is 0 Å². The van der Waals surface area contributed by atoms with Crippen molar-refractivity contribution < 1.29 is 0 Å². The number of nitrogens with one attached hydrogen (secondary N) is 2. The number of pyridine rings is 1. The molecule has 0 spiro atoms. The van der Waals surface area contributed by atoms with Crippen LogP contribution in [0.3, 0.4) is 0 Å². The van der Waals surface area contributed by atoms with Crippen LogP contribution in [-0.4, -0.2) is 4.98 Å². The van der Waals surface area contributed by atoms with Gasteiger partial charge in [-0.3, -0.25) is 4.79 Å². The summed E-state index contributed by atoms with van der Waals surface area (Å²) in [7, 11) is 0. The van der Waals surface area contributed by atoms with Crippen LogP contribution in [0.4, 0.5) is 5.69 Å². The Labute approximate surface area is 69.1 Å². The standard InChI is InChI=1S/C8H9N3O/c9-11-7-4-3-6(5-1-2-5)10-8(7)12/h3-5,9H,1-2H2,(H,10,12). The maximum atomic E-state index is 11.1. The van der Waals surface area contributed by atoms with Gasteiger partial charge in [0.25, 0.3) is 5.56 Å². The van der Waals surface area contributed by atoms with Gasteiger partial charge in [0.15, 0.2) is 0 Å². The number of nitrogens with zero attached hydrogens (tertiary/aromatic N) is 1. The molecule has 1 aromatic rings. The van der Waals surface area contributed by atoms with Crippen molar-refractivity contribution in [2.45, 2.75) is 18.8 Å². The Kier molecular flexibility index (Phi) is 1.53. The third-order valence-corrected chi connectivity index (χ3v) is 2.05. The summed E-state index contributed by atoms with van der Waals surface area (Å²) in [4.78, 5) is 13.9. The monoisotopic (exact) mass is 163 g/mol. The molecule has 0 saturated heterocycles. The molecule has 1 fully saturated rings. The number of H-pyrrole nitrogens is 1. The normalized spacial score (nSPS) is 16.0. The maximum absolute atomic E-state index is 11.1. The molecule has 0 bridgehead atoms. The lowest BCUT2D eigenvalue weighted by molar-refractivity contribution is 0.987. The second-order valence-corrected chi connectivity index (χ2v) is 3.01. The van der Waals surface area contributed by atoms with E-state index in [9.17, 15) is 4.79 Å². The largest absolute Gasteiger partial charge is 0.324 e. The van der Waals surface area contributed by atoms with Crippen molar-refractivity contribution in [3.8, 4) is 0 Å². The fourth-order valence-corrected chi connectivity index (χ4v) is 1.20. The maximum Gasteiger partial charge on any atom is 0.275 e. The molecule has 0 unspecified atom stereocenters. The van der Waals surface area contributed by atoms with Gasteiger partial charge in [-0.25, -0.2) is 5.53 Å². The molecule has 4 nitrogen and oxygen atoms in total. The first-order valence-electron chi connectivity index (χ1n) is 3.92. The Morgan fingerprint density at radius 1 is 1.50 bits per heavy atom. The number of rotatable bonds is 2. The highest BCUT2D eigenvalue weighted by Gasteiger charge is 2.24. The minimum Gasteiger partial charge on any atom is -0.324 e. The lowest BCUT2D eigenvalue weighted by atomic mass is 10.2. The fourth-order valence-electron chi connectivity index (χ4n) is 1.20. The molecule has 0 aliphatic heterocycles. The summed E-state index contributed by atoms with van der Waals surface area (Å²) in [5.74, 6) is 0.539. The van der Waals surface area contributed by atoms with Crippen LogP contribution in [0.1, 0.15) is 24.5 Å². The van der Waals surface area contributed by atoms with E-state index in [-0.39, 0.29) is 11.2 Å². The van der Waals surface area contributed by atoms with Crippen LogP contribution in [0.15, 0.2) is 22.0 Å². The molecule has 0 aromatic carbocycles. The lowest BCUT2D eigenvalue weighted by Crippen LogP contribution is -2.06. The van der Waals surface area contributed by atoms with Gasteiger partial charge in [-0.2, -0.15) is 5.11 Å². The van der Waals surface area contributed by atoms with Crippen molar-refractivity contribution in [2.75, 3.05) is 0 Å². The quantitative estimate of drug-likeness (QED) is 0.642. The predicted octanol–water partition coefficient (Wildman–Crippen LogP) is 1.91. The molecule has 2 N–H and O–H groups in total. The minimum absolute atomic E-state index is 0.180. The van der Waals surface area contributed by atoms with Crippen LogP contribution >= 0.6 is 0 Å². The third kappa shape index (κ3) is 1.15. The summed E-state index contributed by atoms with van der Waals surface area (Å²) in [6.07, 6.45) is 2.32. The van der Waals surface area contributed by atoms with Crippen molar-refractivity contribution in [3.63, 3.8) is 0 Å². The smallest absolute Gasteiger partial charge is 0.275 e. The second-order valence-electron chi connectivity index (χ2n) is 3.01. The molecule has 1 heterocycles. The van der Waals surface area contributed by atoms with E-state index < -0.39 is 0 Å². The van der Waals surface area contributed by atoms with E-state index in [1.165, 1.54) is 0 Å². The zero-order valence-electron chi connectivity index (χ0n) is 6.50. The van der Waals surface area contributed by atoms with Crippen LogP contribution in [0, 0.1) is 5.53 Å². The Bertz CT molecular complexity index is 365. The molecule has 1 aromatic heterocycles. The number of hydrogen-bond donors (Lipinski definition) is 2. The van der Waals surface area contributed by atoms with Crippen molar-refractivity contribution in [2.24, 2.45) is 5.11 Å². The third-order valence-electron chi connectivity index (χ3n) is 2.05. The average Bonchev–Trinajstić information content (AvgIpc) is 2.86. The molecule has 4 heteroatoms. The molecule has 62 valence electrons. The average molecular weight is 163 g/mol. The molecule has 12 heavy (non-hydrogen) atoms. The Morgan fingerprint density at radius 2 is 2.25 bits per heavy atom. The van der Waals surface area contributed by atoms with Crippen LogP contribution in [0.2, 0.25) is 0 Å². The van der Waals surface area contributed by atoms with Crippen molar-refractivity contribution >= 4 is 5.69 Å². The molecule has 0 atom stereocenters. The molecule has 1 aliphatic carbocycles. The van der Waals surface area contributed by atoms with Gasteiger partial charge in [-0.05, 0) is 30.9 Å². The highest BCUT2D eigenvalue weighted by Crippen LogP contribution is 2.38. The molecular formula is C8H9N3O. The number of aromatic nitrogens is 1.